The quantitative estimate of drug-likeness (QED) is 0.693. The molecular weight excluding hydrogens is 230 g/mol. The van der Waals surface area contributed by atoms with Gasteiger partial charge in [0.25, 0.3) is 10.0 Å². The lowest BCUT2D eigenvalue weighted by Gasteiger charge is -2.20. The molecule has 0 amide bonds. The van der Waals surface area contributed by atoms with Crippen molar-refractivity contribution in [3.63, 3.8) is 0 Å². The topological polar surface area (TPSA) is 95.3 Å². The van der Waals surface area contributed by atoms with Gasteiger partial charge in [0.05, 0.1) is 0 Å². The highest BCUT2D eigenvalue weighted by Crippen LogP contribution is 2.26. The van der Waals surface area contributed by atoms with E-state index < -0.39 is 16.1 Å². The number of nitrogens with one attached hydrogen (secondary N) is 2. The summed E-state index contributed by atoms with van der Waals surface area (Å²) in [5.74, 6) is 0.465. The largest absolute Gasteiger partial charge is 0.308 e. The van der Waals surface area contributed by atoms with Crippen molar-refractivity contribution in [1.82, 2.24) is 10.0 Å². The van der Waals surface area contributed by atoms with E-state index in [2.05, 4.69) is 25.3 Å². The summed E-state index contributed by atoms with van der Waals surface area (Å²) in [6, 6.07) is -0.455. The van der Waals surface area contributed by atoms with E-state index in [0.29, 0.717) is 0 Å². The van der Waals surface area contributed by atoms with Crippen LogP contribution in [0.4, 0.5) is 0 Å². The van der Waals surface area contributed by atoms with Crippen molar-refractivity contribution in [2.45, 2.75) is 32.9 Å². The van der Waals surface area contributed by atoms with E-state index in [0.717, 1.165) is 0 Å². The molecule has 16 heavy (non-hydrogen) atoms. The molecule has 0 saturated heterocycles. The molecule has 2 heterocycles. The average Bonchev–Trinajstić information content (AvgIpc) is 2.45. The molecule has 0 aromatic heterocycles. The van der Waals surface area contributed by atoms with Gasteiger partial charge in [-0.15, -0.1) is 5.11 Å². The number of hydrogen-bond donors (Lipinski definition) is 2. The Morgan fingerprint density at radius 1 is 1.44 bits per heavy atom. The van der Waals surface area contributed by atoms with Crippen molar-refractivity contribution in [2.75, 3.05) is 0 Å². The maximum absolute atomic E-state index is 11.9. The van der Waals surface area contributed by atoms with Crippen LogP contribution in [0.2, 0.25) is 0 Å². The molecule has 8 heteroatoms. The van der Waals surface area contributed by atoms with Crippen LogP contribution in [0.25, 0.3) is 0 Å². The molecule has 0 aromatic carbocycles. The summed E-state index contributed by atoms with van der Waals surface area (Å²) in [6.45, 7) is 5.38. The second-order valence-corrected chi connectivity index (χ2v) is 5.56. The fourth-order valence-corrected chi connectivity index (χ4v) is 2.83. The molecular formula is C8H13N5O2S. The molecule has 0 aliphatic carbocycles. The molecule has 2 rings (SSSR count). The third-order valence-electron chi connectivity index (χ3n) is 2.09. The fourth-order valence-electron chi connectivity index (χ4n) is 1.52. The van der Waals surface area contributed by atoms with Crippen LogP contribution < -0.4 is 10.0 Å². The van der Waals surface area contributed by atoms with Gasteiger partial charge in [-0.25, -0.2) is 18.1 Å². The van der Waals surface area contributed by atoms with Crippen LogP contribution in [-0.4, -0.2) is 26.5 Å². The summed E-state index contributed by atoms with van der Waals surface area (Å²) >= 11 is 0. The summed E-state index contributed by atoms with van der Waals surface area (Å²) in [6.07, 6.45) is 0. The Bertz CT molecular complexity index is 503. The third kappa shape index (κ3) is 1.80. The van der Waals surface area contributed by atoms with Crippen LogP contribution in [0.5, 0.6) is 0 Å². The first kappa shape index (κ1) is 11.1. The normalized spacial score (nSPS) is 29.2. The molecule has 0 spiro atoms. The second-order valence-electron chi connectivity index (χ2n) is 3.91. The summed E-state index contributed by atoms with van der Waals surface area (Å²) in [4.78, 5) is 4.27. The Morgan fingerprint density at radius 3 is 2.75 bits per heavy atom. The average molecular weight is 243 g/mol. The van der Waals surface area contributed by atoms with Gasteiger partial charge in [0, 0.05) is 6.04 Å². The van der Waals surface area contributed by atoms with E-state index in [1.54, 1.807) is 6.92 Å². The standard InChI is InChI=1S/C8H13N5O2S/c1-4(2)9-8-10-7-6(5(3)11-12-7)16(14,15)13-8/h4-5H,1-3H3,(H2,9,10,13). The van der Waals surface area contributed by atoms with E-state index in [9.17, 15) is 8.42 Å². The van der Waals surface area contributed by atoms with E-state index in [4.69, 9.17) is 0 Å². The third-order valence-corrected chi connectivity index (χ3v) is 3.66. The van der Waals surface area contributed by atoms with Crippen molar-refractivity contribution in [3.05, 3.63) is 10.7 Å². The molecule has 1 atom stereocenters. The molecule has 2 aliphatic heterocycles. The summed E-state index contributed by atoms with van der Waals surface area (Å²) in [5.41, 5.74) is 0. The molecule has 2 N–H and O–H groups in total. The summed E-state index contributed by atoms with van der Waals surface area (Å²) in [5, 5.41) is 10.4. The highest BCUT2D eigenvalue weighted by atomic mass is 32.2. The Labute approximate surface area is 93.8 Å². The van der Waals surface area contributed by atoms with Crippen molar-refractivity contribution in [1.29, 1.82) is 0 Å². The number of aliphatic imine (C=N–C) groups is 1. The summed E-state index contributed by atoms with van der Waals surface area (Å²) < 4.78 is 26.1. The Kier molecular flexibility index (Phi) is 2.45. The fraction of sp³-hybridized carbons (Fsp3) is 0.625. The lowest BCUT2D eigenvalue weighted by molar-refractivity contribution is 0.592. The predicted molar refractivity (Wildman–Crippen MR) is 59.1 cm³/mol. The SMILES string of the molecule is CC(C)N=C1NC2=C(C(C)N=N2)S(=O)(=O)N1. The second kappa shape index (κ2) is 3.55. The number of guanidine groups is 1. The van der Waals surface area contributed by atoms with E-state index in [1.807, 2.05) is 13.8 Å². The maximum atomic E-state index is 11.9. The van der Waals surface area contributed by atoms with Crippen LogP contribution in [-0.2, 0) is 10.0 Å². The van der Waals surface area contributed by atoms with Crippen LogP contribution in [0.1, 0.15) is 20.8 Å². The van der Waals surface area contributed by atoms with Crippen LogP contribution in [0.15, 0.2) is 25.9 Å². The van der Waals surface area contributed by atoms with Gasteiger partial charge in [-0.05, 0) is 20.8 Å². The first-order chi connectivity index (χ1) is 7.40. The highest BCUT2D eigenvalue weighted by molar-refractivity contribution is 7.94. The zero-order valence-corrected chi connectivity index (χ0v) is 10.0. The van der Waals surface area contributed by atoms with Crippen molar-refractivity contribution in [2.24, 2.45) is 15.2 Å². The molecule has 1 unspecified atom stereocenters. The first-order valence-corrected chi connectivity index (χ1v) is 6.41. The minimum Gasteiger partial charge on any atom is -0.308 e. The van der Waals surface area contributed by atoms with Gasteiger partial charge in [-0.3, -0.25) is 0 Å². The minimum absolute atomic E-state index is 0.0110. The monoisotopic (exact) mass is 243 g/mol. The van der Waals surface area contributed by atoms with Crippen LogP contribution >= 0.6 is 0 Å². The van der Waals surface area contributed by atoms with Crippen molar-refractivity contribution in [3.8, 4) is 0 Å². The van der Waals surface area contributed by atoms with Gasteiger partial charge >= 0.3 is 0 Å². The zero-order valence-electron chi connectivity index (χ0n) is 9.22. The molecule has 0 saturated carbocycles. The maximum Gasteiger partial charge on any atom is 0.266 e. The number of hydrogen-bond acceptors (Lipinski definition) is 5. The molecule has 0 fully saturated rings. The van der Waals surface area contributed by atoms with Gasteiger partial charge in [-0.2, -0.15) is 5.11 Å². The van der Waals surface area contributed by atoms with E-state index in [-0.39, 0.29) is 22.7 Å². The lowest BCUT2D eigenvalue weighted by atomic mass is 10.3. The minimum atomic E-state index is -3.56. The first-order valence-electron chi connectivity index (χ1n) is 4.93. The van der Waals surface area contributed by atoms with Gasteiger partial charge in [0.2, 0.25) is 5.96 Å². The highest BCUT2D eigenvalue weighted by Gasteiger charge is 2.36. The smallest absolute Gasteiger partial charge is 0.266 e. The molecule has 7 nitrogen and oxygen atoms in total. The number of rotatable bonds is 1. The molecule has 88 valence electrons. The van der Waals surface area contributed by atoms with Crippen molar-refractivity contribution >= 4 is 16.0 Å². The molecule has 0 bridgehead atoms. The molecule has 2 aliphatic rings. The Balaban J connectivity index is 2.43. The van der Waals surface area contributed by atoms with E-state index >= 15 is 0 Å². The lowest BCUT2D eigenvalue weighted by Crippen LogP contribution is -2.47. The van der Waals surface area contributed by atoms with Gasteiger partial charge in [0.1, 0.15) is 10.9 Å². The van der Waals surface area contributed by atoms with Crippen LogP contribution in [0, 0.1) is 0 Å². The zero-order chi connectivity index (χ0) is 11.9. The van der Waals surface area contributed by atoms with Crippen molar-refractivity contribution < 1.29 is 8.42 Å². The van der Waals surface area contributed by atoms with Gasteiger partial charge in [0.15, 0.2) is 5.82 Å². The number of sulfonamides is 1. The van der Waals surface area contributed by atoms with E-state index in [1.165, 1.54) is 0 Å². The van der Waals surface area contributed by atoms with Crippen LogP contribution in [0.3, 0.4) is 0 Å². The number of azo groups is 1. The molecule has 0 aromatic rings. The van der Waals surface area contributed by atoms with Gasteiger partial charge in [-0.1, -0.05) is 0 Å². The number of nitrogens with zero attached hydrogens (tertiary/aromatic N) is 3. The Morgan fingerprint density at radius 2 is 2.12 bits per heavy atom. The van der Waals surface area contributed by atoms with Gasteiger partial charge < -0.3 is 5.32 Å². The predicted octanol–water partition coefficient (Wildman–Crippen LogP) is 0.297. The Hall–Kier alpha value is -1.44. The molecule has 0 radical (unpaired) electrons. The summed E-state index contributed by atoms with van der Waals surface area (Å²) in [7, 11) is -3.56.